The zero-order valence-electron chi connectivity index (χ0n) is 18.4. The first-order chi connectivity index (χ1) is 14.6. The lowest BCUT2D eigenvalue weighted by Gasteiger charge is -2.35. The molecule has 0 unspecified atom stereocenters. The molecule has 1 heterocycles. The molecule has 2 aromatic carbocycles. The van der Waals surface area contributed by atoms with Gasteiger partial charge < -0.3 is 14.2 Å². The SMILES string of the molecule is CC[Si](CC)(CC)[C@H]1C(=O)O[C@@H](COCc2ccccc2)[C@@H]1OCc1ccccc1. The molecule has 3 atom stereocenters. The smallest absolute Gasteiger partial charge is 0.309 e. The fraction of sp³-hybridized carbons (Fsp3) is 0.480. The van der Waals surface area contributed by atoms with Gasteiger partial charge in [-0.15, -0.1) is 0 Å². The second-order valence-electron chi connectivity index (χ2n) is 8.14. The highest BCUT2D eigenvalue weighted by Gasteiger charge is 2.55. The van der Waals surface area contributed by atoms with Crippen molar-refractivity contribution in [1.82, 2.24) is 0 Å². The summed E-state index contributed by atoms with van der Waals surface area (Å²) in [4.78, 5) is 13.0. The van der Waals surface area contributed by atoms with Crippen molar-refractivity contribution in [3.63, 3.8) is 0 Å². The van der Waals surface area contributed by atoms with Crippen molar-refractivity contribution in [2.24, 2.45) is 0 Å². The number of carbonyl (C=O) groups is 1. The monoisotopic (exact) mass is 426 g/mol. The van der Waals surface area contributed by atoms with Gasteiger partial charge in [0.1, 0.15) is 6.10 Å². The number of benzene rings is 2. The highest BCUT2D eigenvalue weighted by atomic mass is 28.3. The van der Waals surface area contributed by atoms with Crippen LogP contribution in [0.25, 0.3) is 0 Å². The van der Waals surface area contributed by atoms with Crippen molar-refractivity contribution in [3.8, 4) is 0 Å². The van der Waals surface area contributed by atoms with E-state index in [2.05, 4.69) is 32.9 Å². The second kappa shape index (κ2) is 10.9. The lowest BCUT2D eigenvalue weighted by Crippen LogP contribution is -2.46. The largest absolute Gasteiger partial charge is 0.457 e. The van der Waals surface area contributed by atoms with Crippen molar-refractivity contribution in [2.75, 3.05) is 6.61 Å². The van der Waals surface area contributed by atoms with Gasteiger partial charge in [-0.25, -0.2) is 0 Å². The lowest BCUT2D eigenvalue weighted by atomic mass is 10.1. The van der Waals surface area contributed by atoms with Gasteiger partial charge in [-0.1, -0.05) is 99.6 Å². The predicted octanol–water partition coefficient (Wildman–Crippen LogP) is 5.59. The van der Waals surface area contributed by atoms with Crippen LogP contribution in [0, 0.1) is 0 Å². The highest BCUT2D eigenvalue weighted by molar-refractivity contribution is 6.84. The van der Waals surface area contributed by atoms with E-state index >= 15 is 0 Å². The Hall–Kier alpha value is -1.95. The number of hydrogen-bond donors (Lipinski definition) is 0. The molecule has 0 amide bonds. The van der Waals surface area contributed by atoms with Crippen LogP contribution in [-0.4, -0.2) is 32.9 Å². The average molecular weight is 427 g/mol. The molecular formula is C25H34O4Si. The third-order valence-corrected chi connectivity index (χ3v) is 12.8. The van der Waals surface area contributed by atoms with Crippen LogP contribution in [-0.2, 0) is 32.2 Å². The Morgan fingerprint density at radius 2 is 1.37 bits per heavy atom. The van der Waals surface area contributed by atoms with Gasteiger partial charge >= 0.3 is 5.97 Å². The van der Waals surface area contributed by atoms with E-state index in [4.69, 9.17) is 14.2 Å². The van der Waals surface area contributed by atoms with Crippen molar-refractivity contribution in [1.29, 1.82) is 0 Å². The molecule has 3 rings (SSSR count). The van der Waals surface area contributed by atoms with Gasteiger partial charge in [0, 0.05) is 0 Å². The maximum Gasteiger partial charge on any atom is 0.309 e. The molecule has 0 saturated carbocycles. The quantitative estimate of drug-likeness (QED) is 0.347. The summed E-state index contributed by atoms with van der Waals surface area (Å²) in [5.74, 6) is -0.0846. The Morgan fingerprint density at radius 3 is 1.90 bits per heavy atom. The molecule has 1 saturated heterocycles. The van der Waals surface area contributed by atoms with Crippen LogP contribution in [0.3, 0.4) is 0 Å². The minimum absolute atomic E-state index is 0.0846. The van der Waals surface area contributed by atoms with Gasteiger partial charge in [-0.2, -0.15) is 0 Å². The minimum atomic E-state index is -1.85. The van der Waals surface area contributed by atoms with Crippen LogP contribution in [0.4, 0.5) is 0 Å². The summed E-state index contributed by atoms with van der Waals surface area (Å²) in [5.41, 5.74) is 2.09. The molecule has 1 fully saturated rings. The Kier molecular flexibility index (Phi) is 8.25. The maximum absolute atomic E-state index is 13.0. The van der Waals surface area contributed by atoms with E-state index < -0.39 is 8.07 Å². The molecule has 0 spiro atoms. The van der Waals surface area contributed by atoms with E-state index in [9.17, 15) is 4.79 Å². The summed E-state index contributed by atoms with van der Waals surface area (Å²) in [6.07, 6.45) is -0.605. The fourth-order valence-electron chi connectivity index (χ4n) is 4.61. The molecule has 5 heteroatoms. The molecule has 0 aliphatic carbocycles. The number of rotatable bonds is 11. The molecule has 0 N–H and O–H groups in total. The van der Waals surface area contributed by atoms with Crippen molar-refractivity contribution < 1.29 is 19.0 Å². The molecule has 4 nitrogen and oxygen atoms in total. The standard InChI is InChI=1S/C25H34O4Si/c1-4-30(5-2,6-3)24-23(28-18-21-15-11-8-12-16-21)22(29-25(24)26)19-27-17-20-13-9-7-10-14-20/h7-16,22-24H,4-6,17-19H2,1-3H3/t22-,23-,24+/m0/s1. The van der Waals surface area contributed by atoms with E-state index in [1.165, 1.54) is 0 Å². The molecule has 1 aliphatic heterocycles. The summed E-state index contributed by atoms with van der Waals surface area (Å²) < 4.78 is 18.2. The molecule has 0 bridgehead atoms. The van der Waals surface area contributed by atoms with E-state index in [1.807, 2.05) is 48.5 Å². The molecule has 1 aliphatic rings. The van der Waals surface area contributed by atoms with Crippen LogP contribution in [0.15, 0.2) is 60.7 Å². The Morgan fingerprint density at radius 1 is 0.833 bits per heavy atom. The number of esters is 1. The van der Waals surface area contributed by atoms with Gasteiger partial charge in [0.15, 0.2) is 6.10 Å². The Balaban J connectivity index is 1.74. The third kappa shape index (κ3) is 5.20. The van der Waals surface area contributed by atoms with Crippen LogP contribution < -0.4 is 0 Å². The number of carbonyl (C=O) groups excluding carboxylic acids is 1. The van der Waals surface area contributed by atoms with Crippen LogP contribution in [0.5, 0.6) is 0 Å². The Bertz CT molecular complexity index is 768. The topological polar surface area (TPSA) is 44.8 Å². The maximum atomic E-state index is 13.0. The molecular weight excluding hydrogens is 392 g/mol. The zero-order chi connectivity index (χ0) is 21.4. The van der Waals surface area contributed by atoms with Crippen LogP contribution in [0.2, 0.25) is 23.7 Å². The van der Waals surface area contributed by atoms with Crippen molar-refractivity contribution in [2.45, 2.75) is 69.9 Å². The molecule has 0 aromatic heterocycles. The lowest BCUT2D eigenvalue weighted by molar-refractivity contribution is -0.145. The number of cyclic esters (lactones) is 1. The number of ether oxygens (including phenoxy) is 3. The first kappa shape index (κ1) is 22.7. The third-order valence-electron chi connectivity index (χ3n) is 6.67. The van der Waals surface area contributed by atoms with Crippen molar-refractivity contribution >= 4 is 14.0 Å². The highest BCUT2D eigenvalue weighted by Crippen LogP contribution is 2.44. The van der Waals surface area contributed by atoms with Gasteiger partial charge in [0.05, 0.1) is 33.4 Å². The summed E-state index contributed by atoms with van der Waals surface area (Å²) in [5, 5.41) is 0. The van der Waals surface area contributed by atoms with Gasteiger partial charge in [0.2, 0.25) is 0 Å². The van der Waals surface area contributed by atoms with Crippen LogP contribution in [0.1, 0.15) is 31.9 Å². The van der Waals surface area contributed by atoms with Crippen molar-refractivity contribution in [3.05, 3.63) is 71.8 Å². The minimum Gasteiger partial charge on any atom is -0.457 e. The second-order valence-corrected chi connectivity index (χ2v) is 13.6. The zero-order valence-corrected chi connectivity index (χ0v) is 19.4. The van der Waals surface area contributed by atoms with Gasteiger partial charge in [0.25, 0.3) is 0 Å². The fourth-order valence-corrected chi connectivity index (χ4v) is 9.01. The summed E-state index contributed by atoms with van der Waals surface area (Å²) in [7, 11) is -1.85. The van der Waals surface area contributed by atoms with E-state index in [0.717, 1.165) is 29.3 Å². The normalized spacial score (nSPS) is 21.6. The molecule has 30 heavy (non-hydrogen) atoms. The predicted molar refractivity (Wildman–Crippen MR) is 122 cm³/mol. The summed E-state index contributed by atoms with van der Waals surface area (Å²) in [6, 6.07) is 23.4. The summed E-state index contributed by atoms with van der Waals surface area (Å²) in [6.45, 7) is 8.01. The Labute approximate surface area is 181 Å². The van der Waals surface area contributed by atoms with Gasteiger partial charge in [-0.05, 0) is 11.1 Å². The van der Waals surface area contributed by atoms with E-state index in [1.54, 1.807) is 0 Å². The molecule has 162 valence electrons. The molecule has 0 radical (unpaired) electrons. The van der Waals surface area contributed by atoms with E-state index in [0.29, 0.717) is 19.8 Å². The van der Waals surface area contributed by atoms with Gasteiger partial charge in [-0.3, -0.25) is 4.79 Å². The first-order valence-corrected chi connectivity index (χ1v) is 13.8. The average Bonchev–Trinajstić information content (AvgIpc) is 3.11. The first-order valence-electron chi connectivity index (χ1n) is 11.1. The summed E-state index contributed by atoms with van der Waals surface area (Å²) >= 11 is 0. The van der Waals surface area contributed by atoms with Crippen LogP contribution >= 0.6 is 0 Å². The molecule has 2 aromatic rings. The van der Waals surface area contributed by atoms with E-state index in [-0.39, 0.29) is 23.7 Å². The number of hydrogen-bond acceptors (Lipinski definition) is 4.